The number of ether oxygens (including phenoxy) is 1. The highest BCUT2D eigenvalue weighted by Gasteiger charge is 2.21. The molecule has 13 heavy (non-hydrogen) atoms. The minimum absolute atomic E-state index is 0.509. The number of aliphatic hydroxyl groups is 1. The standard InChI is InChI=1S/C10H12O3/c1-10(12,7-11)8-3-5-9(13-2)6-4-8/h3-7,12H,1-2H3. The minimum atomic E-state index is -1.41. The van der Waals surface area contributed by atoms with E-state index in [2.05, 4.69) is 0 Å². The zero-order valence-electron chi connectivity index (χ0n) is 7.65. The summed E-state index contributed by atoms with van der Waals surface area (Å²) in [4.78, 5) is 10.5. The molecule has 0 bridgehead atoms. The quantitative estimate of drug-likeness (QED) is 0.708. The van der Waals surface area contributed by atoms with Gasteiger partial charge in [0.25, 0.3) is 0 Å². The van der Waals surface area contributed by atoms with E-state index in [9.17, 15) is 9.90 Å². The van der Waals surface area contributed by atoms with Gasteiger partial charge in [-0.1, -0.05) is 12.1 Å². The van der Waals surface area contributed by atoms with E-state index < -0.39 is 5.60 Å². The van der Waals surface area contributed by atoms with Gasteiger partial charge in [-0.2, -0.15) is 0 Å². The third kappa shape index (κ3) is 2.06. The third-order valence-corrected chi connectivity index (χ3v) is 1.90. The van der Waals surface area contributed by atoms with Gasteiger partial charge < -0.3 is 9.84 Å². The van der Waals surface area contributed by atoms with Gasteiger partial charge in [-0.3, -0.25) is 4.79 Å². The molecule has 70 valence electrons. The van der Waals surface area contributed by atoms with Crippen LogP contribution in [0.2, 0.25) is 0 Å². The van der Waals surface area contributed by atoms with Crippen molar-refractivity contribution >= 4 is 6.29 Å². The highest BCUT2D eigenvalue weighted by Crippen LogP contribution is 2.20. The molecular formula is C10H12O3. The largest absolute Gasteiger partial charge is 0.497 e. The summed E-state index contributed by atoms with van der Waals surface area (Å²) < 4.78 is 4.95. The van der Waals surface area contributed by atoms with Gasteiger partial charge in [-0.05, 0) is 24.6 Å². The van der Waals surface area contributed by atoms with Crippen molar-refractivity contribution in [3.8, 4) is 5.75 Å². The van der Waals surface area contributed by atoms with E-state index in [1.54, 1.807) is 31.4 Å². The van der Waals surface area contributed by atoms with Gasteiger partial charge in [0, 0.05) is 0 Å². The van der Waals surface area contributed by atoms with Crippen LogP contribution in [0.1, 0.15) is 12.5 Å². The monoisotopic (exact) mass is 180 g/mol. The second kappa shape index (κ2) is 3.58. The maximum atomic E-state index is 10.5. The molecule has 0 amide bonds. The van der Waals surface area contributed by atoms with E-state index in [4.69, 9.17) is 4.74 Å². The fraction of sp³-hybridized carbons (Fsp3) is 0.300. The molecule has 1 atom stereocenters. The van der Waals surface area contributed by atoms with Crippen molar-refractivity contribution in [2.45, 2.75) is 12.5 Å². The molecule has 1 unspecified atom stereocenters. The highest BCUT2D eigenvalue weighted by molar-refractivity contribution is 5.65. The first kappa shape index (κ1) is 9.74. The molecule has 1 aromatic carbocycles. The minimum Gasteiger partial charge on any atom is -0.497 e. The predicted molar refractivity (Wildman–Crippen MR) is 48.6 cm³/mol. The molecule has 0 aromatic heterocycles. The lowest BCUT2D eigenvalue weighted by Crippen LogP contribution is -2.22. The zero-order valence-corrected chi connectivity index (χ0v) is 7.65. The molecule has 0 heterocycles. The first-order valence-electron chi connectivity index (χ1n) is 3.93. The summed E-state index contributed by atoms with van der Waals surface area (Å²) in [5, 5.41) is 9.55. The van der Waals surface area contributed by atoms with Gasteiger partial charge in [0.2, 0.25) is 0 Å². The molecule has 0 aliphatic carbocycles. The normalized spacial score (nSPS) is 14.7. The van der Waals surface area contributed by atoms with E-state index in [1.165, 1.54) is 6.92 Å². The van der Waals surface area contributed by atoms with Crippen molar-refractivity contribution in [3.05, 3.63) is 29.8 Å². The highest BCUT2D eigenvalue weighted by atomic mass is 16.5. The zero-order chi connectivity index (χ0) is 9.90. The van der Waals surface area contributed by atoms with Crippen molar-refractivity contribution in [3.63, 3.8) is 0 Å². The molecule has 3 heteroatoms. The Morgan fingerprint density at radius 1 is 1.38 bits per heavy atom. The summed E-state index contributed by atoms with van der Waals surface area (Å²) in [6.45, 7) is 1.45. The Morgan fingerprint density at radius 2 is 1.92 bits per heavy atom. The van der Waals surface area contributed by atoms with Crippen LogP contribution in [0, 0.1) is 0 Å². The average molecular weight is 180 g/mol. The van der Waals surface area contributed by atoms with Gasteiger partial charge in [-0.15, -0.1) is 0 Å². The average Bonchev–Trinajstić information content (AvgIpc) is 2.18. The lowest BCUT2D eigenvalue weighted by molar-refractivity contribution is -0.123. The van der Waals surface area contributed by atoms with Crippen molar-refractivity contribution in [2.24, 2.45) is 0 Å². The summed E-state index contributed by atoms with van der Waals surface area (Å²) in [5.74, 6) is 0.699. The van der Waals surface area contributed by atoms with E-state index in [-0.39, 0.29) is 0 Å². The second-order valence-electron chi connectivity index (χ2n) is 2.99. The molecule has 0 radical (unpaired) electrons. The SMILES string of the molecule is COc1ccc(C(C)(O)C=O)cc1. The molecule has 3 nitrogen and oxygen atoms in total. The number of carbonyl (C=O) groups is 1. The fourth-order valence-corrected chi connectivity index (χ4v) is 0.996. The third-order valence-electron chi connectivity index (χ3n) is 1.90. The number of hydrogen-bond donors (Lipinski definition) is 1. The molecule has 1 N–H and O–H groups in total. The number of methoxy groups -OCH3 is 1. The van der Waals surface area contributed by atoms with Crippen molar-refractivity contribution in [1.82, 2.24) is 0 Å². The Balaban J connectivity index is 2.98. The van der Waals surface area contributed by atoms with Gasteiger partial charge in [-0.25, -0.2) is 0 Å². The van der Waals surface area contributed by atoms with Gasteiger partial charge in [0.15, 0.2) is 6.29 Å². The number of hydrogen-bond acceptors (Lipinski definition) is 3. The van der Waals surface area contributed by atoms with Gasteiger partial charge >= 0.3 is 0 Å². The Labute approximate surface area is 77.0 Å². The summed E-state index contributed by atoms with van der Waals surface area (Å²) >= 11 is 0. The number of carbonyl (C=O) groups excluding carboxylic acids is 1. The molecule has 0 saturated heterocycles. The van der Waals surface area contributed by atoms with Crippen LogP contribution in [0.3, 0.4) is 0 Å². The lowest BCUT2D eigenvalue weighted by atomic mass is 9.98. The smallest absolute Gasteiger partial charge is 0.155 e. The summed E-state index contributed by atoms with van der Waals surface area (Å²) in [6, 6.07) is 6.72. The topological polar surface area (TPSA) is 46.5 Å². The number of benzene rings is 1. The number of rotatable bonds is 3. The Hall–Kier alpha value is -1.35. The van der Waals surface area contributed by atoms with Gasteiger partial charge in [0.1, 0.15) is 11.4 Å². The summed E-state index contributed by atoms with van der Waals surface area (Å²) in [5.41, 5.74) is -0.852. The molecule has 0 aliphatic rings. The molecule has 0 spiro atoms. The predicted octanol–water partition coefficient (Wildman–Crippen LogP) is 1.10. The van der Waals surface area contributed by atoms with Crippen LogP contribution >= 0.6 is 0 Å². The maximum absolute atomic E-state index is 10.5. The van der Waals surface area contributed by atoms with Crippen molar-refractivity contribution < 1.29 is 14.6 Å². The van der Waals surface area contributed by atoms with Gasteiger partial charge in [0.05, 0.1) is 7.11 Å². The Kier molecular flexibility index (Phi) is 2.68. The summed E-state index contributed by atoms with van der Waals surface area (Å²) in [7, 11) is 1.56. The van der Waals surface area contributed by atoms with E-state index in [1.807, 2.05) is 0 Å². The van der Waals surface area contributed by atoms with Crippen LogP contribution < -0.4 is 4.74 Å². The molecular weight excluding hydrogens is 168 g/mol. The lowest BCUT2D eigenvalue weighted by Gasteiger charge is -2.15. The number of aldehydes is 1. The van der Waals surface area contributed by atoms with E-state index >= 15 is 0 Å². The molecule has 0 aliphatic heterocycles. The molecule has 1 rings (SSSR count). The Bertz CT molecular complexity index is 288. The summed E-state index contributed by atoms with van der Waals surface area (Å²) in [6.07, 6.45) is 0.509. The Morgan fingerprint density at radius 3 is 2.31 bits per heavy atom. The molecule has 1 aromatic rings. The van der Waals surface area contributed by atoms with Crippen LogP contribution in [0.25, 0.3) is 0 Å². The van der Waals surface area contributed by atoms with Crippen LogP contribution in [0.5, 0.6) is 5.75 Å². The first-order valence-corrected chi connectivity index (χ1v) is 3.93. The fourth-order valence-electron chi connectivity index (χ4n) is 0.996. The van der Waals surface area contributed by atoms with E-state index in [0.29, 0.717) is 17.6 Å². The first-order chi connectivity index (χ1) is 6.10. The van der Waals surface area contributed by atoms with Crippen molar-refractivity contribution in [1.29, 1.82) is 0 Å². The molecule has 0 saturated carbocycles. The van der Waals surface area contributed by atoms with Crippen LogP contribution in [-0.2, 0) is 10.4 Å². The molecule has 0 fully saturated rings. The van der Waals surface area contributed by atoms with E-state index in [0.717, 1.165) is 0 Å². The maximum Gasteiger partial charge on any atom is 0.155 e. The second-order valence-corrected chi connectivity index (χ2v) is 2.99. The van der Waals surface area contributed by atoms with Crippen LogP contribution in [0.4, 0.5) is 0 Å². The van der Waals surface area contributed by atoms with Crippen molar-refractivity contribution in [2.75, 3.05) is 7.11 Å². The van der Waals surface area contributed by atoms with Crippen LogP contribution in [0.15, 0.2) is 24.3 Å². The van der Waals surface area contributed by atoms with Crippen LogP contribution in [-0.4, -0.2) is 18.5 Å².